The Bertz CT molecular complexity index is 446. The molecule has 6 heteroatoms. The summed E-state index contributed by atoms with van der Waals surface area (Å²) in [5.41, 5.74) is 5.96. The number of rotatable bonds is 5. The molecule has 18 heavy (non-hydrogen) atoms. The van der Waals surface area contributed by atoms with Crippen LogP contribution in [0.4, 0.5) is 0 Å². The van der Waals surface area contributed by atoms with Gasteiger partial charge in [0.05, 0.1) is 5.56 Å². The van der Waals surface area contributed by atoms with Gasteiger partial charge in [-0.25, -0.2) is 0 Å². The standard InChI is InChI=1S/C12H17N3O3/c1-3-15(2)11(16)8-18-10-7-5-4-6-9(10)12(13)14-17/h4-7,17H,3,8H2,1-2H3,(H2,13,14). The number of para-hydroxylation sites is 1. The van der Waals surface area contributed by atoms with Gasteiger partial charge in [-0.3, -0.25) is 4.79 Å². The van der Waals surface area contributed by atoms with E-state index >= 15 is 0 Å². The third kappa shape index (κ3) is 3.38. The summed E-state index contributed by atoms with van der Waals surface area (Å²) in [4.78, 5) is 13.1. The summed E-state index contributed by atoms with van der Waals surface area (Å²) >= 11 is 0. The SMILES string of the molecule is CCN(C)C(=O)COc1ccccc1/C(N)=N/O. The monoisotopic (exact) mass is 251 g/mol. The molecule has 3 N–H and O–H groups in total. The van der Waals surface area contributed by atoms with Gasteiger partial charge in [-0.05, 0) is 19.1 Å². The summed E-state index contributed by atoms with van der Waals surface area (Å²) in [7, 11) is 1.70. The molecule has 0 saturated heterocycles. The van der Waals surface area contributed by atoms with E-state index in [9.17, 15) is 4.79 Å². The van der Waals surface area contributed by atoms with Crippen molar-refractivity contribution in [2.45, 2.75) is 6.92 Å². The molecule has 1 aromatic rings. The van der Waals surface area contributed by atoms with Crippen molar-refractivity contribution in [3.05, 3.63) is 29.8 Å². The van der Waals surface area contributed by atoms with Gasteiger partial charge >= 0.3 is 0 Å². The number of ether oxygens (including phenoxy) is 1. The molecule has 0 atom stereocenters. The Morgan fingerprint density at radius 1 is 1.50 bits per heavy atom. The minimum atomic E-state index is -0.133. The van der Waals surface area contributed by atoms with Crippen molar-refractivity contribution < 1.29 is 14.7 Å². The lowest BCUT2D eigenvalue weighted by atomic mass is 10.2. The molecule has 0 bridgehead atoms. The third-order valence-electron chi connectivity index (χ3n) is 2.52. The Kier molecular flexibility index (Phi) is 4.98. The van der Waals surface area contributed by atoms with Gasteiger partial charge in [0, 0.05) is 13.6 Å². The average Bonchev–Trinajstić information content (AvgIpc) is 2.43. The normalized spacial score (nSPS) is 11.1. The Morgan fingerprint density at radius 2 is 2.17 bits per heavy atom. The van der Waals surface area contributed by atoms with Gasteiger partial charge in [0.2, 0.25) is 0 Å². The number of nitrogens with zero attached hydrogens (tertiary/aromatic N) is 2. The highest BCUT2D eigenvalue weighted by Gasteiger charge is 2.11. The Balaban J connectivity index is 2.77. The van der Waals surface area contributed by atoms with Crippen LogP contribution >= 0.6 is 0 Å². The molecule has 0 unspecified atom stereocenters. The lowest BCUT2D eigenvalue weighted by molar-refractivity contribution is -0.131. The van der Waals surface area contributed by atoms with Crippen LogP contribution in [0.3, 0.4) is 0 Å². The minimum absolute atomic E-state index is 0.0538. The van der Waals surface area contributed by atoms with Gasteiger partial charge in [0.15, 0.2) is 12.4 Å². The van der Waals surface area contributed by atoms with Crippen molar-refractivity contribution in [2.24, 2.45) is 10.9 Å². The van der Waals surface area contributed by atoms with Crippen LogP contribution in [0.25, 0.3) is 0 Å². The molecule has 0 heterocycles. The summed E-state index contributed by atoms with van der Waals surface area (Å²) in [6.45, 7) is 2.41. The minimum Gasteiger partial charge on any atom is -0.483 e. The fraction of sp³-hybridized carbons (Fsp3) is 0.333. The first kappa shape index (κ1) is 13.8. The maximum absolute atomic E-state index is 11.6. The Labute approximate surface area is 106 Å². The number of nitrogens with two attached hydrogens (primary N) is 1. The van der Waals surface area contributed by atoms with Gasteiger partial charge < -0.3 is 20.6 Å². The van der Waals surface area contributed by atoms with E-state index in [0.717, 1.165) is 0 Å². The van der Waals surface area contributed by atoms with Crippen LogP contribution in [-0.4, -0.2) is 42.0 Å². The molecule has 98 valence electrons. The molecule has 0 spiro atoms. The predicted molar refractivity (Wildman–Crippen MR) is 67.8 cm³/mol. The molecular formula is C12H17N3O3. The van der Waals surface area contributed by atoms with Crippen molar-refractivity contribution in [3.8, 4) is 5.75 Å². The predicted octanol–water partition coefficient (Wildman–Crippen LogP) is 0.638. The van der Waals surface area contributed by atoms with E-state index in [1.54, 1.807) is 36.2 Å². The molecule has 6 nitrogen and oxygen atoms in total. The maximum atomic E-state index is 11.6. The van der Waals surface area contributed by atoms with Crippen LogP contribution in [0, 0.1) is 0 Å². The van der Waals surface area contributed by atoms with Crippen LogP contribution < -0.4 is 10.5 Å². The first-order chi connectivity index (χ1) is 8.60. The number of hydrogen-bond donors (Lipinski definition) is 2. The van der Waals surface area contributed by atoms with Crippen molar-refractivity contribution >= 4 is 11.7 Å². The lowest BCUT2D eigenvalue weighted by Crippen LogP contribution is -2.31. The van der Waals surface area contributed by atoms with Crippen LogP contribution in [0.5, 0.6) is 5.75 Å². The van der Waals surface area contributed by atoms with Crippen molar-refractivity contribution in [2.75, 3.05) is 20.2 Å². The molecule has 0 fully saturated rings. The molecular weight excluding hydrogens is 234 g/mol. The highest BCUT2D eigenvalue weighted by atomic mass is 16.5. The van der Waals surface area contributed by atoms with Gasteiger partial charge in [-0.15, -0.1) is 0 Å². The number of amidine groups is 1. The van der Waals surface area contributed by atoms with Crippen LogP contribution in [0.1, 0.15) is 12.5 Å². The number of carbonyl (C=O) groups excluding carboxylic acids is 1. The number of carbonyl (C=O) groups is 1. The average molecular weight is 251 g/mol. The summed E-state index contributed by atoms with van der Waals surface area (Å²) in [5, 5.41) is 11.6. The van der Waals surface area contributed by atoms with E-state index in [2.05, 4.69) is 5.16 Å². The summed E-state index contributed by atoms with van der Waals surface area (Å²) < 4.78 is 5.38. The molecule has 1 rings (SSSR count). The Morgan fingerprint density at radius 3 is 2.78 bits per heavy atom. The quantitative estimate of drug-likeness (QED) is 0.348. The van der Waals surface area contributed by atoms with Gasteiger partial charge in [0.1, 0.15) is 5.75 Å². The van der Waals surface area contributed by atoms with E-state index in [-0.39, 0.29) is 18.3 Å². The molecule has 0 aliphatic rings. The van der Waals surface area contributed by atoms with E-state index < -0.39 is 0 Å². The summed E-state index contributed by atoms with van der Waals surface area (Å²) in [5.74, 6) is 0.222. The largest absolute Gasteiger partial charge is 0.483 e. The van der Waals surface area contributed by atoms with E-state index in [0.29, 0.717) is 17.9 Å². The zero-order valence-corrected chi connectivity index (χ0v) is 10.5. The van der Waals surface area contributed by atoms with Gasteiger partial charge in [0.25, 0.3) is 5.91 Å². The first-order valence-electron chi connectivity index (χ1n) is 5.53. The number of oxime groups is 1. The molecule has 0 saturated carbocycles. The molecule has 1 aromatic carbocycles. The second-order valence-corrected chi connectivity index (χ2v) is 3.68. The zero-order valence-electron chi connectivity index (χ0n) is 10.5. The fourth-order valence-corrected chi connectivity index (χ4v) is 1.28. The van der Waals surface area contributed by atoms with E-state index in [1.165, 1.54) is 0 Å². The molecule has 0 aliphatic heterocycles. The molecule has 1 amide bonds. The second-order valence-electron chi connectivity index (χ2n) is 3.68. The van der Waals surface area contributed by atoms with Crippen LogP contribution in [-0.2, 0) is 4.79 Å². The number of likely N-dealkylation sites (N-methyl/N-ethyl adjacent to an activating group) is 1. The molecule has 0 radical (unpaired) electrons. The third-order valence-corrected chi connectivity index (χ3v) is 2.52. The molecule has 0 aliphatic carbocycles. The van der Waals surface area contributed by atoms with Gasteiger partial charge in [-0.1, -0.05) is 17.3 Å². The van der Waals surface area contributed by atoms with Crippen LogP contribution in [0.15, 0.2) is 29.4 Å². The topological polar surface area (TPSA) is 88.2 Å². The van der Waals surface area contributed by atoms with Gasteiger partial charge in [-0.2, -0.15) is 0 Å². The number of hydrogen-bond acceptors (Lipinski definition) is 4. The van der Waals surface area contributed by atoms with E-state index in [1.807, 2.05) is 6.92 Å². The number of benzene rings is 1. The van der Waals surface area contributed by atoms with Crippen molar-refractivity contribution in [1.82, 2.24) is 4.90 Å². The Hall–Kier alpha value is -2.24. The summed E-state index contributed by atoms with van der Waals surface area (Å²) in [6, 6.07) is 6.79. The maximum Gasteiger partial charge on any atom is 0.260 e. The van der Waals surface area contributed by atoms with Crippen molar-refractivity contribution in [1.29, 1.82) is 0 Å². The zero-order chi connectivity index (χ0) is 13.5. The second kappa shape index (κ2) is 6.48. The summed E-state index contributed by atoms with van der Waals surface area (Å²) in [6.07, 6.45) is 0. The number of amides is 1. The highest BCUT2D eigenvalue weighted by Crippen LogP contribution is 2.17. The first-order valence-corrected chi connectivity index (χ1v) is 5.53. The van der Waals surface area contributed by atoms with Crippen LogP contribution in [0.2, 0.25) is 0 Å². The smallest absolute Gasteiger partial charge is 0.260 e. The molecule has 0 aromatic heterocycles. The lowest BCUT2D eigenvalue weighted by Gasteiger charge is -2.15. The van der Waals surface area contributed by atoms with E-state index in [4.69, 9.17) is 15.7 Å². The highest BCUT2D eigenvalue weighted by molar-refractivity contribution is 5.99. The fourth-order valence-electron chi connectivity index (χ4n) is 1.28. The van der Waals surface area contributed by atoms with Crippen molar-refractivity contribution in [3.63, 3.8) is 0 Å².